The zero-order chi connectivity index (χ0) is 21.2. The van der Waals surface area contributed by atoms with Gasteiger partial charge in [-0.1, -0.05) is 38.7 Å². The van der Waals surface area contributed by atoms with Crippen molar-refractivity contribution < 1.29 is 9.47 Å². The largest absolute Gasteiger partial charge is 0.497 e. The van der Waals surface area contributed by atoms with Gasteiger partial charge in [-0.15, -0.1) is 6.58 Å². The van der Waals surface area contributed by atoms with Crippen molar-refractivity contribution >= 4 is 10.9 Å². The van der Waals surface area contributed by atoms with Crippen LogP contribution in [-0.2, 0) is 0 Å². The highest BCUT2D eigenvalue weighted by Crippen LogP contribution is 2.29. The third-order valence-corrected chi connectivity index (χ3v) is 6.30. The van der Waals surface area contributed by atoms with Gasteiger partial charge in [-0.3, -0.25) is 0 Å². The van der Waals surface area contributed by atoms with Crippen molar-refractivity contribution in [3.05, 3.63) is 37.2 Å². The summed E-state index contributed by atoms with van der Waals surface area (Å²) < 4.78 is 11.4. The smallest absolute Gasteiger partial charge is 0.224 e. The van der Waals surface area contributed by atoms with Crippen LogP contribution in [0.25, 0.3) is 10.9 Å². The third-order valence-electron chi connectivity index (χ3n) is 6.30. The average Bonchev–Trinajstić information content (AvgIpc) is 2.79. The maximum atomic E-state index is 6.09. The van der Waals surface area contributed by atoms with E-state index in [1.54, 1.807) is 13.4 Å². The lowest BCUT2D eigenvalue weighted by Crippen LogP contribution is -2.40. The molecule has 2 atom stereocenters. The Morgan fingerprint density at radius 3 is 2.87 bits per heavy atom. The van der Waals surface area contributed by atoms with E-state index in [-0.39, 0.29) is 0 Å². The minimum Gasteiger partial charge on any atom is -0.497 e. The molecule has 0 radical (unpaired) electrons. The molecule has 0 amide bonds. The molecule has 1 saturated heterocycles. The van der Waals surface area contributed by atoms with Crippen molar-refractivity contribution in [3.63, 3.8) is 0 Å². The van der Waals surface area contributed by atoms with E-state index >= 15 is 0 Å². The summed E-state index contributed by atoms with van der Waals surface area (Å²) in [5, 5.41) is 0.898. The minimum atomic E-state index is 0.542. The Hall–Kier alpha value is -2.14. The predicted octanol–water partition coefficient (Wildman–Crippen LogP) is 5.50. The van der Waals surface area contributed by atoms with Crippen LogP contribution in [0.4, 0.5) is 0 Å². The molecule has 0 spiro atoms. The fraction of sp³-hybridized carbons (Fsp3) is 0.600. The van der Waals surface area contributed by atoms with E-state index in [4.69, 9.17) is 9.47 Å². The van der Waals surface area contributed by atoms with Gasteiger partial charge in [0, 0.05) is 6.54 Å². The number of hydrogen-bond acceptors (Lipinski definition) is 5. The van der Waals surface area contributed by atoms with E-state index < -0.39 is 0 Å². The van der Waals surface area contributed by atoms with Crippen molar-refractivity contribution in [3.8, 4) is 11.6 Å². The van der Waals surface area contributed by atoms with Crippen LogP contribution in [0, 0.1) is 11.8 Å². The Balaban J connectivity index is 1.48. The highest BCUT2D eigenvalue weighted by atomic mass is 16.5. The summed E-state index contributed by atoms with van der Waals surface area (Å²) in [6, 6.07) is 5.79. The molecule has 164 valence electrons. The molecule has 1 aromatic carbocycles. The third kappa shape index (κ3) is 6.18. The van der Waals surface area contributed by atoms with Crippen LogP contribution >= 0.6 is 0 Å². The van der Waals surface area contributed by atoms with Crippen LogP contribution in [0.15, 0.2) is 37.2 Å². The number of fused-ring (bicyclic) bond motifs is 1. The molecule has 1 fully saturated rings. The summed E-state index contributed by atoms with van der Waals surface area (Å²) >= 11 is 0. The maximum absolute atomic E-state index is 6.09. The van der Waals surface area contributed by atoms with E-state index in [1.165, 1.54) is 51.6 Å². The fourth-order valence-electron chi connectivity index (χ4n) is 4.43. The Morgan fingerprint density at radius 1 is 1.20 bits per heavy atom. The maximum Gasteiger partial charge on any atom is 0.224 e. The van der Waals surface area contributed by atoms with Crippen LogP contribution in [0.5, 0.6) is 11.6 Å². The summed E-state index contributed by atoms with van der Waals surface area (Å²) in [6.07, 6.45) is 12.7. The van der Waals surface area contributed by atoms with Crippen molar-refractivity contribution in [2.24, 2.45) is 11.8 Å². The first-order chi connectivity index (χ1) is 14.7. The van der Waals surface area contributed by atoms with Gasteiger partial charge in [0.15, 0.2) is 0 Å². The number of rotatable bonds is 12. The first-order valence-electron chi connectivity index (χ1n) is 11.5. The summed E-state index contributed by atoms with van der Waals surface area (Å²) in [4.78, 5) is 11.3. The van der Waals surface area contributed by atoms with Crippen LogP contribution in [0.1, 0.15) is 51.9 Å². The van der Waals surface area contributed by atoms with Crippen LogP contribution < -0.4 is 9.47 Å². The summed E-state index contributed by atoms with van der Waals surface area (Å²) in [6.45, 7) is 10.6. The highest BCUT2D eigenvalue weighted by molar-refractivity contribution is 5.84. The molecule has 1 aliphatic heterocycles. The zero-order valence-corrected chi connectivity index (χ0v) is 18.7. The first-order valence-corrected chi connectivity index (χ1v) is 11.5. The van der Waals surface area contributed by atoms with Gasteiger partial charge in [0.05, 0.1) is 24.6 Å². The summed E-state index contributed by atoms with van der Waals surface area (Å²) in [7, 11) is 1.67. The Morgan fingerprint density at radius 2 is 2.07 bits per heavy atom. The Labute approximate surface area is 181 Å². The van der Waals surface area contributed by atoms with Gasteiger partial charge in [-0.25, -0.2) is 9.97 Å². The second kappa shape index (κ2) is 11.9. The lowest BCUT2D eigenvalue weighted by molar-refractivity contribution is 0.124. The molecular weight excluding hydrogens is 374 g/mol. The van der Waals surface area contributed by atoms with E-state index in [0.717, 1.165) is 29.6 Å². The Bertz CT molecular complexity index is 795. The van der Waals surface area contributed by atoms with Crippen LogP contribution in [0.3, 0.4) is 0 Å². The molecule has 1 aliphatic rings. The molecule has 3 rings (SSSR count). The molecule has 0 bridgehead atoms. The van der Waals surface area contributed by atoms with Gasteiger partial charge in [-0.05, 0) is 62.4 Å². The monoisotopic (exact) mass is 411 g/mol. The Kier molecular flexibility index (Phi) is 8.94. The van der Waals surface area contributed by atoms with Crippen LogP contribution in [-0.4, -0.2) is 48.2 Å². The normalized spacial score (nSPS) is 19.7. The average molecular weight is 412 g/mol. The minimum absolute atomic E-state index is 0.542. The summed E-state index contributed by atoms with van der Waals surface area (Å²) in [5.74, 6) is 2.59. The number of unbranched alkanes of at least 4 members (excludes halogenated alkanes) is 4. The van der Waals surface area contributed by atoms with Crippen molar-refractivity contribution in [2.45, 2.75) is 51.9 Å². The first kappa shape index (κ1) is 22.5. The van der Waals surface area contributed by atoms with Gasteiger partial charge < -0.3 is 14.4 Å². The molecule has 2 aromatic rings. The van der Waals surface area contributed by atoms with E-state index in [9.17, 15) is 0 Å². The molecule has 0 N–H and O–H groups in total. The number of benzene rings is 1. The number of aromatic nitrogens is 2. The zero-order valence-electron chi connectivity index (χ0n) is 18.7. The highest BCUT2D eigenvalue weighted by Gasteiger charge is 2.26. The number of piperidine rings is 1. The van der Waals surface area contributed by atoms with Crippen molar-refractivity contribution in [1.29, 1.82) is 0 Å². The van der Waals surface area contributed by atoms with Crippen LogP contribution in [0.2, 0.25) is 0 Å². The van der Waals surface area contributed by atoms with E-state index in [0.29, 0.717) is 24.3 Å². The number of nitrogens with zero attached hydrogens (tertiary/aromatic N) is 3. The molecule has 30 heavy (non-hydrogen) atoms. The number of methoxy groups -OCH3 is 1. The topological polar surface area (TPSA) is 47.5 Å². The number of hydrogen-bond donors (Lipinski definition) is 0. The molecular formula is C25H37N3O2. The molecule has 5 heteroatoms. The molecule has 2 heterocycles. The second-order valence-electron chi connectivity index (χ2n) is 8.36. The van der Waals surface area contributed by atoms with Crippen molar-refractivity contribution in [2.75, 3.05) is 33.4 Å². The van der Waals surface area contributed by atoms with Gasteiger partial charge in [-0.2, -0.15) is 0 Å². The molecule has 0 saturated carbocycles. The summed E-state index contributed by atoms with van der Waals surface area (Å²) in [5.41, 5.74) is 0.872. The van der Waals surface area contributed by atoms with E-state index in [2.05, 4.69) is 34.4 Å². The predicted molar refractivity (Wildman–Crippen MR) is 123 cm³/mol. The van der Waals surface area contributed by atoms with E-state index in [1.807, 2.05) is 18.2 Å². The lowest BCUT2D eigenvalue weighted by Gasteiger charge is -2.37. The SMILES string of the molecule is C=CC1CN(CCCCCCC)CCC1CCOc1ncnc2ccc(OC)cc12. The standard InChI is InChI=1S/C25H37N3O2/c1-4-6-7-8-9-14-28-15-12-21(20(5-2)18-28)13-16-30-25-23-17-22(29-3)10-11-24(23)26-19-27-25/h5,10-11,17,19-21H,2,4,6-9,12-16,18H2,1,3H3. The second-order valence-corrected chi connectivity index (χ2v) is 8.36. The van der Waals surface area contributed by atoms with Gasteiger partial charge in [0.1, 0.15) is 12.1 Å². The van der Waals surface area contributed by atoms with Crippen molar-refractivity contribution in [1.82, 2.24) is 14.9 Å². The quantitative estimate of drug-likeness (QED) is 0.341. The lowest BCUT2D eigenvalue weighted by atomic mass is 9.83. The molecule has 1 aromatic heterocycles. The molecule has 5 nitrogen and oxygen atoms in total. The van der Waals surface area contributed by atoms with Gasteiger partial charge in [0.25, 0.3) is 0 Å². The van der Waals surface area contributed by atoms with Gasteiger partial charge >= 0.3 is 0 Å². The molecule has 2 unspecified atom stereocenters. The number of likely N-dealkylation sites (tertiary alicyclic amines) is 1. The fourth-order valence-corrected chi connectivity index (χ4v) is 4.43. The van der Waals surface area contributed by atoms with Gasteiger partial charge in [0.2, 0.25) is 5.88 Å². The molecule has 0 aliphatic carbocycles. The number of ether oxygens (including phenoxy) is 2.